The molecule has 21 heavy (non-hydrogen) atoms. The molecular weight excluding hydrogens is 280 g/mol. The van der Waals surface area contributed by atoms with Crippen LogP contribution >= 0.6 is 11.3 Å². The van der Waals surface area contributed by atoms with E-state index in [2.05, 4.69) is 54.0 Å². The highest BCUT2D eigenvalue weighted by atomic mass is 32.1. The Labute approximate surface area is 130 Å². The van der Waals surface area contributed by atoms with E-state index in [-0.39, 0.29) is 0 Å². The Morgan fingerprint density at radius 1 is 1.38 bits per heavy atom. The molecule has 0 unspecified atom stereocenters. The van der Waals surface area contributed by atoms with Crippen molar-refractivity contribution in [2.45, 2.75) is 59.2 Å². The van der Waals surface area contributed by atoms with E-state index in [1.54, 1.807) is 11.3 Å². The maximum absolute atomic E-state index is 4.70. The van der Waals surface area contributed by atoms with Gasteiger partial charge in [0, 0.05) is 29.7 Å². The fraction of sp³-hybridized carbons (Fsp3) is 0.625. The highest BCUT2D eigenvalue weighted by molar-refractivity contribution is 7.09. The minimum Gasteiger partial charge on any atom is -0.290 e. The lowest BCUT2D eigenvalue weighted by molar-refractivity contribution is 0.244. The van der Waals surface area contributed by atoms with Gasteiger partial charge in [0.05, 0.1) is 22.4 Å². The van der Waals surface area contributed by atoms with Gasteiger partial charge in [-0.2, -0.15) is 5.10 Å². The zero-order chi connectivity index (χ0) is 15.0. The molecule has 1 atom stereocenters. The zero-order valence-corrected chi connectivity index (χ0v) is 14.2. The van der Waals surface area contributed by atoms with E-state index < -0.39 is 0 Å². The van der Waals surface area contributed by atoms with Gasteiger partial charge >= 0.3 is 0 Å². The molecule has 1 saturated heterocycles. The van der Waals surface area contributed by atoms with E-state index in [1.807, 2.05) is 0 Å². The van der Waals surface area contributed by atoms with Crippen LogP contribution < -0.4 is 0 Å². The summed E-state index contributed by atoms with van der Waals surface area (Å²) in [6.45, 7) is 10.7. The molecular formula is C16H24N4S. The predicted octanol–water partition coefficient (Wildman–Crippen LogP) is 3.87. The van der Waals surface area contributed by atoms with Gasteiger partial charge in [-0.1, -0.05) is 0 Å². The number of aromatic nitrogens is 3. The first kappa shape index (κ1) is 14.7. The van der Waals surface area contributed by atoms with Crippen LogP contribution in [0.25, 0.3) is 0 Å². The van der Waals surface area contributed by atoms with Crippen LogP contribution in [0.3, 0.4) is 0 Å². The van der Waals surface area contributed by atoms with Gasteiger partial charge in [0.15, 0.2) is 0 Å². The summed E-state index contributed by atoms with van der Waals surface area (Å²) in [5.74, 6) is 0. The number of hydrogen-bond acceptors (Lipinski definition) is 4. The van der Waals surface area contributed by atoms with E-state index in [1.165, 1.54) is 29.1 Å². The van der Waals surface area contributed by atoms with Gasteiger partial charge in [-0.05, 0) is 47.1 Å². The summed E-state index contributed by atoms with van der Waals surface area (Å²) in [6.07, 6.45) is 4.70. The Balaban J connectivity index is 1.77. The Morgan fingerprint density at radius 3 is 2.81 bits per heavy atom. The second-order valence-corrected chi connectivity index (χ2v) is 7.30. The lowest BCUT2D eigenvalue weighted by Gasteiger charge is -2.22. The fourth-order valence-electron chi connectivity index (χ4n) is 3.04. The highest BCUT2D eigenvalue weighted by Gasteiger charge is 2.28. The minimum atomic E-state index is 0.424. The molecule has 4 nitrogen and oxygen atoms in total. The van der Waals surface area contributed by atoms with Crippen molar-refractivity contribution in [3.63, 3.8) is 0 Å². The van der Waals surface area contributed by atoms with Crippen molar-refractivity contribution in [2.75, 3.05) is 6.54 Å². The molecule has 0 amide bonds. The van der Waals surface area contributed by atoms with Crippen LogP contribution in [0, 0.1) is 13.8 Å². The van der Waals surface area contributed by atoms with Crippen molar-refractivity contribution >= 4 is 11.3 Å². The van der Waals surface area contributed by atoms with Crippen molar-refractivity contribution in [1.29, 1.82) is 0 Å². The Hall–Kier alpha value is -1.20. The van der Waals surface area contributed by atoms with E-state index in [9.17, 15) is 0 Å². The average Bonchev–Trinajstić information content (AvgIpc) is 3.11. The lowest BCUT2D eigenvalue weighted by atomic mass is 10.1. The van der Waals surface area contributed by atoms with Gasteiger partial charge in [0.2, 0.25) is 0 Å². The molecule has 114 valence electrons. The molecule has 0 aromatic carbocycles. The fourth-order valence-corrected chi connectivity index (χ4v) is 3.70. The Bertz CT molecular complexity index is 614. The maximum Gasteiger partial charge on any atom is 0.0898 e. The van der Waals surface area contributed by atoms with E-state index in [4.69, 9.17) is 4.98 Å². The molecule has 0 N–H and O–H groups in total. The topological polar surface area (TPSA) is 34.0 Å². The van der Waals surface area contributed by atoms with Crippen molar-refractivity contribution in [2.24, 2.45) is 0 Å². The van der Waals surface area contributed by atoms with Crippen LogP contribution in [0.2, 0.25) is 0 Å². The number of nitrogens with zero attached hydrogens (tertiary/aromatic N) is 4. The molecule has 0 aliphatic carbocycles. The third kappa shape index (κ3) is 3.04. The molecule has 0 radical (unpaired) electrons. The molecule has 2 aromatic heterocycles. The lowest BCUT2D eigenvalue weighted by Crippen LogP contribution is -2.23. The number of rotatable bonds is 4. The summed E-state index contributed by atoms with van der Waals surface area (Å²) in [4.78, 5) is 7.26. The van der Waals surface area contributed by atoms with Crippen LogP contribution in [0.15, 0.2) is 11.6 Å². The van der Waals surface area contributed by atoms with Crippen molar-refractivity contribution in [3.05, 3.63) is 33.5 Å². The number of aryl methyl sites for hydroxylation is 2. The van der Waals surface area contributed by atoms with Gasteiger partial charge in [0.1, 0.15) is 0 Å². The maximum atomic E-state index is 4.70. The molecule has 0 saturated carbocycles. The summed E-state index contributed by atoms with van der Waals surface area (Å²) in [5, 5.41) is 8.02. The van der Waals surface area contributed by atoms with E-state index >= 15 is 0 Å². The smallest absolute Gasteiger partial charge is 0.0898 e. The number of thiazole rings is 1. The van der Waals surface area contributed by atoms with E-state index in [0.29, 0.717) is 12.1 Å². The van der Waals surface area contributed by atoms with Crippen LogP contribution in [-0.4, -0.2) is 26.2 Å². The SMILES string of the molecule is Cc1nc([C@H]2CCCN2Cc2cn(C(C)C)nc2C)cs1. The normalized spacial score (nSPS) is 19.8. The Kier molecular flexibility index (Phi) is 4.13. The molecule has 3 rings (SSSR count). The van der Waals surface area contributed by atoms with Crippen LogP contribution in [0.5, 0.6) is 0 Å². The van der Waals surface area contributed by atoms with Crippen molar-refractivity contribution in [3.8, 4) is 0 Å². The second-order valence-electron chi connectivity index (χ2n) is 6.23. The van der Waals surface area contributed by atoms with Gasteiger partial charge in [-0.15, -0.1) is 11.3 Å². The second kappa shape index (κ2) is 5.89. The third-order valence-corrected chi connectivity index (χ3v) is 5.05. The van der Waals surface area contributed by atoms with Gasteiger partial charge in [-0.3, -0.25) is 9.58 Å². The quantitative estimate of drug-likeness (QED) is 0.859. The monoisotopic (exact) mass is 304 g/mol. The summed E-state index contributed by atoms with van der Waals surface area (Å²) in [6, 6.07) is 0.907. The van der Waals surface area contributed by atoms with Crippen LogP contribution in [0.4, 0.5) is 0 Å². The standard InChI is InChI=1S/C16H24N4S/c1-11(2)20-9-14(12(3)18-20)8-19-7-5-6-16(19)15-10-21-13(4)17-15/h9-11,16H,5-8H2,1-4H3/t16-/m1/s1. The highest BCUT2D eigenvalue weighted by Crippen LogP contribution is 2.33. The average molecular weight is 304 g/mol. The van der Waals surface area contributed by atoms with Gasteiger partial charge in [-0.25, -0.2) is 4.98 Å². The first-order chi connectivity index (χ1) is 10.0. The molecule has 3 heterocycles. The molecule has 0 spiro atoms. The van der Waals surface area contributed by atoms with Gasteiger partial charge < -0.3 is 0 Å². The summed E-state index contributed by atoms with van der Waals surface area (Å²) in [5.41, 5.74) is 3.76. The summed E-state index contributed by atoms with van der Waals surface area (Å²) in [7, 11) is 0. The zero-order valence-electron chi connectivity index (χ0n) is 13.3. The number of hydrogen-bond donors (Lipinski definition) is 0. The van der Waals surface area contributed by atoms with E-state index in [0.717, 1.165) is 18.8 Å². The number of likely N-dealkylation sites (tertiary alicyclic amines) is 1. The molecule has 0 bridgehead atoms. The van der Waals surface area contributed by atoms with Crippen LogP contribution in [-0.2, 0) is 6.54 Å². The third-order valence-electron chi connectivity index (χ3n) is 4.26. The molecule has 1 fully saturated rings. The Morgan fingerprint density at radius 2 is 2.19 bits per heavy atom. The van der Waals surface area contributed by atoms with Crippen LogP contribution in [0.1, 0.15) is 60.7 Å². The first-order valence-corrected chi connectivity index (χ1v) is 8.63. The minimum absolute atomic E-state index is 0.424. The predicted molar refractivity (Wildman–Crippen MR) is 86.6 cm³/mol. The molecule has 5 heteroatoms. The largest absolute Gasteiger partial charge is 0.290 e. The summed E-state index contributed by atoms with van der Waals surface area (Å²) >= 11 is 1.76. The molecule has 1 aliphatic heterocycles. The molecule has 2 aromatic rings. The summed E-state index contributed by atoms with van der Waals surface area (Å²) < 4.78 is 2.07. The molecule has 1 aliphatic rings. The van der Waals surface area contributed by atoms with Crippen molar-refractivity contribution < 1.29 is 0 Å². The van der Waals surface area contributed by atoms with Crippen molar-refractivity contribution in [1.82, 2.24) is 19.7 Å². The first-order valence-electron chi connectivity index (χ1n) is 7.75. The van der Waals surface area contributed by atoms with Gasteiger partial charge in [0.25, 0.3) is 0 Å².